The third-order valence-electron chi connectivity index (χ3n) is 8.14. The number of amides is 1. The highest BCUT2D eigenvalue weighted by atomic mass is 19.4. The van der Waals surface area contributed by atoms with Crippen molar-refractivity contribution < 1.29 is 40.6 Å². The van der Waals surface area contributed by atoms with Crippen LogP contribution in [0.5, 0.6) is 0 Å². The summed E-state index contributed by atoms with van der Waals surface area (Å²) in [6.07, 6.45) is -9.55. The Morgan fingerprint density at radius 3 is 2.29 bits per heavy atom. The summed E-state index contributed by atoms with van der Waals surface area (Å²) in [6.45, 7) is 1.59. The van der Waals surface area contributed by atoms with Crippen LogP contribution in [0.15, 0.2) is 18.2 Å². The molecule has 0 bridgehead atoms. The summed E-state index contributed by atoms with van der Waals surface area (Å²) in [7, 11) is 1.96. The lowest BCUT2D eigenvalue weighted by atomic mass is 9.73. The van der Waals surface area contributed by atoms with E-state index in [1.807, 2.05) is 7.05 Å². The van der Waals surface area contributed by atoms with Crippen molar-refractivity contribution in [2.75, 3.05) is 26.7 Å². The molecule has 0 aromatic heterocycles. The summed E-state index contributed by atoms with van der Waals surface area (Å²) < 4.78 is 93.5. The number of likely N-dealkylation sites (tertiary alicyclic amines) is 1. The van der Waals surface area contributed by atoms with Gasteiger partial charge < -0.3 is 15.3 Å². The van der Waals surface area contributed by atoms with Crippen LogP contribution < -0.4 is 5.32 Å². The Hall–Kier alpha value is -1.88. The number of benzene rings is 1. The van der Waals surface area contributed by atoms with Crippen molar-refractivity contribution >= 4 is 5.91 Å². The van der Waals surface area contributed by atoms with Crippen LogP contribution >= 0.6 is 0 Å². The van der Waals surface area contributed by atoms with Gasteiger partial charge in [0.15, 0.2) is 0 Å². The Labute approximate surface area is 198 Å². The summed E-state index contributed by atoms with van der Waals surface area (Å²) in [4.78, 5) is 15.0. The summed E-state index contributed by atoms with van der Waals surface area (Å²) in [6, 6.07) is 2.43. The number of hydrogen-bond acceptors (Lipinski definition) is 3. The number of aryl methyl sites for hydroxylation is 1. The highest BCUT2D eigenvalue weighted by Gasteiger charge is 2.73. The predicted octanol–water partition coefficient (Wildman–Crippen LogP) is 4.60. The monoisotopic (exact) mass is 510 g/mol. The number of rotatable bonds is 4. The number of alkyl halides is 7. The van der Waals surface area contributed by atoms with E-state index in [-0.39, 0.29) is 42.2 Å². The number of aliphatic hydroxyl groups is 1. The molecule has 1 aliphatic heterocycles. The topological polar surface area (TPSA) is 52.6 Å². The average Bonchev–Trinajstić information content (AvgIpc) is 3.22. The van der Waals surface area contributed by atoms with E-state index < -0.39 is 29.2 Å². The highest BCUT2D eigenvalue weighted by Crippen LogP contribution is 2.55. The second-order valence-corrected chi connectivity index (χ2v) is 10.3. The molecule has 1 aromatic rings. The van der Waals surface area contributed by atoms with Gasteiger partial charge in [-0.1, -0.05) is 18.2 Å². The summed E-state index contributed by atoms with van der Waals surface area (Å²) >= 11 is 0. The molecule has 35 heavy (non-hydrogen) atoms. The first-order valence-electron chi connectivity index (χ1n) is 11.8. The van der Waals surface area contributed by atoms with Gasteiger partial charge >= 0.3 is 18.0 Å². The average molecular weight is 510 g/mol. The summed E-state index contributed by atoms with van der Waals surface area (Å²) in [5.41, 5.74) is -7.03. The van der Waals surface area contributed by atoms with Crippen molar-refractivity contribution in [3.63, 3.8) is 0 Å². The van der Waals surface area contributed by atoms with E-state index >= 15 is 0 Å². The Balaban J connectivity index is 1.48. The smallest absolute Gasteiger partial charge is 0.388 e. The lowest BCUT2D eigenvalue weighted by Crippen LogP contribution is -2.51. The van der Waals surface area contributed by atoms with Crippen LogP contribution in [0, 0.1) is 11.8 Å². The normalized spacial score (nSPS) is 27.3. The van der Waals surface area contributed by atoms with Crippen molar-refractivity contribution in [3.8, 4) is 0 Å². The zero-order chi connectivity index (χ0) is 25.8. The second-order valence-electron chi connectivity index (χ2n) is 10.3. The number of fused-ring (bicyclic) bond motifs is 3. The minimum Gasteiger partial charge on any atom is -0.388 e. The number of piperidine rings is 1. The Morgan fingerprint density at radius 1 is 1.06 bits per heavy atom. The van der Waals surface area contributed by atoms with Gasteiger partial charge in [-0.3, -0.25) is 4.79 Å². The Morgan fingerprint density at radius 2 is 1.69 bits per heavy atom. The third kappa shape index (κ3) is 4.65. The molecule has 1 saturated heterocycles. The molecule has 2 aliphatic carbocycles. The molecule has 1 amide bonds. The lowest BCUT2D eigenvalue weighted by molar-refractivity contribution is -0.348. The summed E-state index contributed by atoms with van der Waals surface area (Å²) in [5, 5.41) is 13.6. The van der Waals surface area contributed by atoms with Crippen LogP contribution in [0.4, 0.5) is 30.7 Å². The maximum Gasteiger partial charge on any atom is 0.435 e. The van der Waals surface area contributed by atoms with E-state index in [1.165, 1.54) is 0 Å². The molecule has 196 valence electrons. The number of nitrogens with one attached hydrogen (secondary N) is 1. The first-order chi connectivity index (χ1) is 16.2. The molecule has 0 spiro atoms. The zero-order valence-electron chi connectivity index (χ0n) is 19.3. The van der Waals surface area contributed by atoms with E-state index in [9.17, 15) is 40.6 Å². The third-order valence-corrected chi connectivity index (χ3v) is 8.14. The van der Waals surface area contributed by atoms with Crippen LogP contribution in [-0.2, 0) is 16.9 Å². The van der Waals surface area contributed by atoms with Gasteiger partial charge in [0, 0.05) is 31.1 Å². The van der Waals surface area contributed by atoms with Crippen LogP contribution in [0.3, 0.4) is 0 Å². The Kier molecular flexibility index (Phi) is 6.66. The first kappa shape index (κ1) is 26.2. The maximum absolute atomic E-state index is 14.5. The van der Waals surface area contributed by atoms with Crippen LogP contribution in [0.1, 0.15) is 54.7 Å². The van der Waals surface area contributed by atoms with Gasteiger partial charge in [0.05, 0.1) is 5.60 Å². The second kappa shape index (κ2) is 8.90. The van der Waals surface area contributed by atoms with Gasteiger partial charge in [0.1, 0.15) is 0 Å². The van der Waals surface area contributed by atoms with Crippen molar-refractivity contribution in [1.82, 2.24) is 10.2 Å². The van der Waals surface area contributed by atoms with Gasteiger partial charge in [0.25, 0.3) is 0 Å². The molecule has 3 aliphatic rings. The molecule has 1 heterocycles. The molecule has 3 atom stereocenters. The standard InChI is InChI=1S/C24H29F7N2O2/c1-33-10-8-21(35,9-11-33)13-32-20(34)19-7-6-17-16-5-3-15(12-14(16)2-4-18(17)19)22(25,23(26,27)28)24(29,30)31/h3,5,12,17-19,35H,2,4,6-11,13H2,1H3,(H,32,34)/t17?,18?,19-/m1/s1. The van der Waals surface area contributed by atoms with Gasteiger partial charge in [-0.05, 0) is 68.5 Å². The van der Waals surface area contributed by atoms with E-state index in [0.717, 1.165) is 19.2 Å². The summed E-state index contributed by atoms with van der Waals surface area (Å²) in [5.74, 6) is -0.850. The molecule has 4 rings (SSSR count). The van der Waals surface area contributed by atoms with Gasteiger partial charge in [-0.2, -0.15) is 26.3 Å². The SMILES string of the molecule is CN1CCC(O)(CNC(=O)[C@@H]2CCC3c4ccc(C(F)(C(F)(F)F)C(F)(F)F)cc4CCC32)CC1. The van der Waals surface area contributed by atoms with Crippen molar-refractivity contribution in [2.45, 2.75) is 68.1 Å². The first-order valence-corrected chi connectivity index (χ1v) is 11.8. The fourth-order valence-corrected chi connectivity index (χ4v) is 5.98. The maximum atomic E-state index is 14.5. The lowest BCUT2D eigenvalue weighted by Gasteiger charge is -2.37. The molecule has 1 aromatic carbocycles. The molecule has 4 nitrogen and oxygen atoms in total. The molecule has 2 N–H and O–H groups in total. The quantitative estimate of drug-likeness (QED) is 0.582. The number of carbonyl (C=O) groups is 1. The molecule has 2 unspecified atom stereocenters. The Bertz CT molecular complexity index is 940. The fourth-order valence-electron chi connectivity index (χ4n) is 5.98. The highest BCUT2D eigenvalue weighted by molar-refractivity contribution is 5.79. The minimum atomic E-state index is -6.15. The fraction of sp³-hybridized carbons (Fsp3) is 0.708. The van der Waals surface area contributed by atoms with Crippen LogP contribution in [0.25, 0.3) is 0 Å². The number of halogens is 7. The molecular weight excluding hydrogens is 481 g/mol. The van der Waals surface area contributed by atoms with Crippen LogP contribution in [-0.4, -0.2) is 60.5 Å². The largest absolute Gasteiger partial charge is 0.435 e. The molecule has 1 saturated carbocycles. The van der Waals surface area contributed by atoms with Crippen molar-refractivity contribution in [2.24, 2.45) is 11.8 Å². The van der Waals surface area contributed by atoms with E-state index in [0.29, 0.717) is 49.8 Å². The number of carbonyl (C=O) groups excluding carboxylic acids is 1. The van der Waals surface area contributed by atoms with Crippen molar-refractivity contribution in [3.05, 3.63) is 34.9 Å². The van der Waals surface area contributed by atoms with Gasteiger partial charge in [0.2, 0.25) is 5.91 Å². The number of nitrogens with zero attached hydrogens (tertiary/aromatic N) is 1. The molecular formula is C24H29F7N2O2. The molecule has 0 radical (unpaired) electrons. The van der Waals surface area contributed by atoms with Crippen molar-refractivity contribution in [1.29, 1.82) is 0 Å². The molecule has 2 fully saturated rings. The van der Waals surface area contributed by atoms with E-state index in [4.69, 9.17) is 0 Å². The molecule has 11 heteroatoms. The van der Waals surface area contributed by atoms with E-state index in [1.54, 1.807) is 0 Å². The number of hydrogen-bond donors (Lipinski definition) is 2. The minimum absolute atomic E-state index is 0.110. The van der Waals surface area contributed by atoms with E-state index in [2.05, 4.69) is 10.2 Å². The predicted molar refractivity (Wildman–Crippen MR) is 113 cm³/mol. The van der Waals surface area contributed by atoms with Crippen LogP contribution in [0.2, 0.25) is 0 Å². The van der Waals surface area contributed by atoms with Gasteiger partial charge in [-0.25, -0.2) is 4.39 Å². The van der Waals surface area contributed by atoms with Gasteiger partial charge in [-0.15, -0.1) is 0 Å². The zero-order valence-corrected chi connectivity index (χ0v) is 19.3.